The van der Waals surface area contributed by atoms with E-state index in [4.69, 9.17) is 16.0 Å². The van der Waals surface area contributed by atoms with Gasteiger partial charge in [-0.15, -0.1) is 0 Å². The molecule has 7 nitrogen and oxygen atoms in total. The van der Waals surface area contributed by atoms with Gasteiger partial charge in [0.2, 0.25) is 5.71 Å². The number of likely N-dealkylation sites (tertiary alicyclic amines) is 1. The Hall–Kier alpha value is -2.64. The molecule has 0 atom stereocenters. The number of anilines is 1. The topological polar surface area (TPSA) is 74.5 Å². The number of aromatic nitrogens is 2. The molecule has 34 heavy (non-hydrogen) atoms. The van der Waals surface area contributed by atoms with Gasteiger partial charge in [-0.05, 0) is 69.7 Å². The minimum absolute atomic E-state index is 0.0946. The maximum Gasteiger partial charge on any atom is 0.255 e. The average molecular weight is 482 g/mol. The number of furan rings is 1. The summed E-state index contributed by atoms with van der Waals surface area (Å²) in [6.07, 6.45) is 7.15. The van der Waals surface area contributed by atoms with Crippen molar-refractivity contribution in [1.82, 2.24) is 20.2 Å². The molecule has 2 saturated heterocycles. The second-order valence-corrected chi connectivity index (χ2v) is 9.89. The molecule has 3 aromatic rings. The van der Waals surface area contributed by atoms with Crippen LogP contribution < -0.4 is 10.2 Å². The molecular weight excluding hydrogens is 450 g/mol. The smallest absolute Gasteiger partial charge is 0.255 e. The Bertz CT molecular complexity index is 1150. The zero-order valence-electron chi connectivity index (χ0n) is 19.7. The lowest BCUT2D eigenvalue weighted by Gasteiger charge is -2.32. The van der Waals surface area contributed by atoms with Gasteiger partial charge in [-0.1, -0.05) is 29.8 Å². The van der Waals surface area contributed by atoms with Crippen LogP contribution in [-0.2, 0) is 6.54 Å². The predicted molar refractivity (Wildman–Crippen MR) is 134 cm³/mol. The van der Waals surface area contributed by atoms with E-state index >= 15 is 0 Å². The third-order valence-electron chi connectivity index (χ3n) is 7.14. The van der Waals surface area contributed by atoms with Crippen molar-refractivity contribution >= 4 is 34.4 Å². The van der Waals surface area contributed by atoms with Gasteiger partial charge in [0.25, 0.3) is 5.91 Å². The fourth-order valence-electron chi connectivity index (χ4n) is 5.19. The number of halogens is 1. The first-order valence-corrected chi connectivity index (χ1v) is 12.7. The van der Waals surface area contributed by atoms with Gasteiger partial charge < -0.3 is 14.6 Å². The Morgan fingerprint density at radius 3 is 2.65 bits per heavy atom. The van der Waals surface area contributed by atoms with Gasteiger partial charge in [-0.25, -0.2) is 9.97 Å². The normalized spacial score (nSPS) is 17.9. The maximum absolute atomic E-state index is 13.3. The molecule has 0 radical (unpaired) electrons. The summed E-state index contributed by atoms with van der Waals surface area (Å²) < 4.78 is 5.87. The molecule has 0 unspecified atom stereocenters. The van der Waals surface area contributed by atoms with Crippen molar-refractivity contribution in [2.45, 2.75) is 45.6 Å². The molecule has 2 fully saturated rings. The summed E-state index contributed by atoms with van der Waals surface area (Å²) in [6, 6.07) is 8.04. The van der Waals surface area contributed by atoms with Crippen LogP contribution in [0, 0.1) is 12.8 Å². The minimum atomic E-state index is -0.0946. The Kier molecular flexibility index (Phi) is 7.02. The summed E-state index contributed by atoms with van der Waals surface area (Å²) >= 11 is 6.33. The Morgan fingerprint density at radius 2 is 1.88 bits per heavy atom. The SMILES string of the molecule is Cc1oc2ncnc(N3CCCCC3)c2c1C(=O)NCC1CCN(Cc2ccccc2Cl)CC1. The number of carbonyl (C=O) groups is 1. The standard InChI is InChI=1S/C26H32ClN5O2/c1-18-22(23-24(29-17-30-26(23)34-18)32-11-5-2-6-12-32)25(33)28-15-19-9-13-31(14-10-19)16-20-7-3-4-8-21(20)27/h3-4,7-8,17,19H,2,5-6,9-16H2,1H3,(H,28,33). The molecule has 4 heterocycles. The number of amides is 1. The molecule has 2 aliphatic rings. The van der Waals surface area contributed by atoms with E-state index < -0.39 is 0 Å². The molecule has 2 aromatic heterocycles. The van der Waals surface area contributed by atoms with Crippen LogP contribution in [0.1, 0.15) is 53.8 Å². The number of benzene rings is 1. The second kappa shape index (κ2) is 10.3. The summed E-state index contributed by atoms with van der Waals surface area (Å²) in [5.41, 5.74) is 2.24. The van der Waals surface area contributed by atoms with Crippen molar-refractivity contribution in [2.24, 2.45) is 5.92 Å². The molecule has 1 aromatic carbocycles. The number of piperidine rings is 2. The number of nitrogens with zero attached hydrogens (tertiary/aromatic N) is 4. The Morgan fingerprint density at radius 1 is 1.12 bits per heavy atom. The number of fused-ring (bicyclic) bond motifs is 1. The van der Waals surface area contributed by atoms with Crippen molar-refractivity contribution in [2.75, 3.05) is 37.6 Å². The van der Waals surface area contributed by atoms with Crippen molar-refractivity contribution in [3.8, 4) is 0 Å². The summed E-state index contributed by atoms with van der Waals surface area (Å²) in [7, 11) is 0. The summed E-state index contributed by atoms with van der Waals surface area (Å²) in [5, 5.41) is 4.75. The highest BCUT2D eigenvalue weighted by Gasteiger charge is 2.27. The Balaban J connectivity index is 1.22. The fraction of sp³-hybridized carbons (Fsp3) is 0.500. The van der Waals surface area contributed by atoms with E-state index in [1.54, 1.807) is 0 Å². The zero-order valence-corrected chi connectivity index (χ0v) is 20.5. The molecule has 1 amide bonds. The lowest BCUT2D eigenvalue weighted by Crippen LogP contribution is -2.38. The van der Waals surface area contributed by atoms with Crippen molar-refractivity contribution in [3.63, 3.8) is 0 Å². The first-order chi connectivity index (χ1) is 16.6. The summed E-state index contributed by atoms with van der Waals surface area (Å²) in [6.45, 7) is 7.28. The minimum Gasteiger partial charge on any atom is -0.442 e. The number of carbonyl (C=O) groups excluding carboxylic acids is 1. The third-order valence-corrected chi connectivity index (χ3v) is 7.51. The van der Waals surface area contributed by atoms with E-state index in [0.717, 1.165) is 74.6 Å². The van der Waals surface area contributed by atoms with Crippen molar-refractivity contribution in [3.05, 3.63) is 52.5 Å². The van der Waals surface area contributed by atoms with E-state index in [9.17, 15) is 4.79 Å². The average Bonchev–Trinajstić information content (AvgIpc) is 3.21. The van der Waals surface area contributed by atoms with Crippen LogP contribution in [0.25, 0.3) is 11.1 Å². The van der Waals surface area contributed by atoms with Crippen LogP contribution in [0.3, 0.4) is 0 Å². The number of hydrogen-bond donors (Lipinski definition) is 1. The van der Waals surface area contributed by atoms with Gasteiger partial charge >= 0.3 is 0 Å². The van der Waals surface area contributed by atoms with Crippen LogP contribution in [0.15, 0.2) is 35.0 Å². The van der Waals surface area contributed by atoms with Crippen LogP contribution >= 0.6 is 11.6 Å². The highest BCUT2D eigenvalue weighted by molar-refractivity contribution is 6.31. The number of aryl methyl sites for hydroxylation is 1. The van der Waals surface area contributed by atoms with Crippen LogP contribution in [0.2, 0.25) is 5.02 Å². The molecule has 0 aliphatic carbocycles. The highest BCUT2D eigenvalue weighted by Crippen LogP contribution is 2.32. The maximum atomic E-state index is 13.3. The predicted octanol–water partition coefficient (Wildman–Crippen LogP) is 4.82. The third kappa shape index (κ3) is 4.91. The lowest BCUT2D eigenvalue weighted by molar-refractivity contribution is 0.0935. The van der Waals surface area contributed by atoms with E-state index in [1.165, 1.54) is 18.3 Å². The van der Waals surface area contributed by atoms with E-state index in [-0.39, 0.29) is 5.91 Å². The van der Waals surface area contributed by atoms with Crippen LogP contribution in [-0.4, -0.2) is 53.5 Å². The molecular formula is C26H32ClN5O2. The quantitative estimate of drug-likeness (QED) is 0.544. The molecule has 1 N–H and O–H groups in total. The molecule has 180 valence electrons. The number of nitrogens with one attached hydrogen (secondary N) is 1. The second-order valence-electron chi connectivity index (χ2n) is 9.48. The first-order valence-electron chi connectivity index (χ1n) is 12.3. The number of rotatable bonds is 6. The highest BCUT2D eigenvalue weighted by atomic mass is 35.5. The first kappa shape index (κ1) is 23.1. The van der Waals surface area contributed by atoms with Gasteiger partial charge in [-0.2, -0.15) is 0 Å². The van der Waals surface area contributed by atoms with E-state index in [1.807, 2.05) is 25.1 Å². The van der Waals surface area contributed by atoms with Gasteiger partial charge in [0.05, 0.1) is 10.9 Å². The van der Waals surface area contributed by atoms with Gasteiger partial charge in [0.1, 0.15) is 17.9 Å². The molecule has 5 rings (SSSR count). The Labute approximate surface area is 205 Å². The monoisotopic (exact) mass is 481 g/mol. The van der Waals surface area contributed by atoms with E-state index in [2.05, 4.69) is 31.2 Å². The fourth-order valence-corrected chi connectivity index (χ4v) is 5.38. The lowest BCUT2D eigenvalue weighted by atomic mass is 9.96. The summed E-state index contributed by atoms with van der Waals surface area (Å²) in [5.74, 6) is 1.78. The van der Waals surface area contributed by atoms with Gasteiger partial charge in [0.15, 0.2) is 0 Å². The zero-order chi connectivity index (χ0) is 23.5. The van der Waals surface area contributed by atoms with Crippen molar-refractivity contribution in [1.29, 1.82) is 0 Å². The largest absolute Gasteiger partial charge is 0.442 e. The molecule has 0 saturated carbocycles. The van der Waals surface area contributed by atoms with Crippen molar-refractivity contribution < 1.29 is 9.21 Å². The summed E-state index contributed by atoms with van der Waals surface area (Å²) in [4.78, 5) is 26.8. The van der Waals surface area contributed by atoms with Gasteiger partial charge in [-0.3, -0.25) is 9.69 Å². The number of hydrogen-bond acceptors (Lipinski definition) is 6. The molecule has 0 bridgehead atoms. The molecule has 8 heteroatoms. The van der Waals surface area contributed by atoms with E-state index in [0.29, 0.717) is 29.5 Å². The van der Waals surface area contributed by atoms with Crippen LogP contribution in [0.5, 0.6) is 0 Å². The molecule has 0 spiro atoms. The van der Waals surface area contributed by atoms with Gasteiger partial charge in [0, 0.05) is 31.2 Å². The molecule has 2 aliphatic heterocycles. The van der Waals surface area contributed by atoms with Crippen LogP contribution in [0.4, 0.5) is 5.82 Å².